The Kier molecular flexibility index (Phi) is 5.25. The fourth-order valence-electron chi connectivity index (χ4n) is 3.27. The Bertz CT molecular complexity index is 516. The summed E-state index contributed by atoms with van der Waals surface area (Å²) < 4.78 is 0. The average Bonchev–Trinajstić information content (AvgIpc) is 2.72. The Hall–Kier alpha value is -1.53. The van der Waals surface area contributed by atoms with E-state index in [2.05, 4.69) is 24.8 Å². The Morgan fingerprint density at radius 3 is 2.62 bits per heavy atom. The van der Waals surface area contributed by atoms with Gasteiger partial charge in [0.25, 0.3) is 0 Å². The summed E-state index contributed by atoms with van der Waals surface area (Å²) in [6.07, 6.45) is 3.14. The van der Waals surface area contributed by atoms with Crippen molar-refractivity contribution in [1.29, 1.82) is 5.26 Å². The Labute approximate surface area is 128 Å². The van der Waals surface area contributed by atoms with Crippen LogP contribution in [0.25, 0.3) is 0 Å². The van der Waals surface area contributed by atoms with Gasteiger partial charge in [-0.15, -0.1) is 0 Å². The average molecular weight is 286 g/mol. The highest BCUT2D eigenvalue weighted by Crippen LogP contribution is 2.32. The lowest BCUT2D eigenvalue weighted by molar-refractivity contribution is 0.199. The maximum absolute atomic E-state index is 10.00. The molecule has 0 amide bonds. The van der Waals surface area contributed by atoms with E-state index in [0.29, 0.717) is 5.56 Å². The number of nitrogens with zero attached hydrogens (tertiary/aromatic N) is 2. The first-order valence-corrected chi connectivity index (χ1v) is 8.00. The third-order valence-electron chi connectivity index (χ3n) is 4.67. The predicted octanol–water partition coefficient (Wildman–Crippen LogP) is 3.87. The molecule has 114 valence electrons. The second-order valence-electron chi connectivity index (χ2n) is 6.48. The van der Waals surface area contributed by atoms with Gasteiger partial charge >= 0.3 is 0 Å². The summed E-state index contributed by atoms with van der Waals surface area (Å²) in [6, 6.07) is 7.82. The van der Waals surface area contributed by atoms with Gasteiger partial charge in [-0.1, -0.05) is 19.9 Å². The van der Waals surface area contributed by atoms with Gasteiger partial charge in [-0.05, 0) is 50.2 Å². The maximum Gasteiger partial charge on any atom is 0.0992 e. The molecule has 0 bridgehead atoms. The molecule has 2 rings (SSSR count). The van der Waals surface area contributed by atoms with Crippen LogP contribution in [0.3, 0.4) is 0 Å². The first kappa shape index (κ1) is 15.9. The van der Waals surface area contributed by atoms with E-state index in [4.69, 9.17) is 5.26 Å². The molecule has 1 saturated heterocycles. The Morgan fingerprint density at radius 2 is 2.00 bits per heavy atom. The summed E-state index contributed by atoms with van der Waals surface area (Å²) >= 11 is 0. The van der Waals surface area contributed by atoms with Crippen LogP contribution >= 0.6 is 0 Å². The SMILES string of the molecule is CC(O)c1ccc(C#N)cc1N1CCCC(C(C)C)CC1. The van der Waals surface area contributed by atoms with E-state index in [1.54, 1.807) is 13.0 Å². The number of hydrogen-bond acceptors (Lipinski definition) is 3. The number of hydrogen-bond donors (Lipinski definition) is 1. The summed E-state index contributed by atoms with van der Waals surface area (Å²) in [5.41, 5.74) is 2.63. The molecule has 1 aliphatic heterocycles. The molecule has 1 aliphatic rings. The highest BCUT2D eigenvalue weighted by molar-refractivity contribution is 5.58. The molecule has 2 atom stereocenters. The van der Waals surface area contributed by atoms with Crippen molar-refractivity contribution in [2.45, 2.75) is 46.1 Å². The third kappa shape index (κ3) is 3.77. The van der Waals surface area contributed by atoms with Crippen LogP contribution in [0, 0.1) is 23.2 Å². The van der Waals surface area contributed by atoms with Gasteiger partial charge in [-0.25, -0.2) is 0 Å². The summed E-state index contributed by atoms with van der Waals surface area (Å²) in [4.78, 5) is 2.35. The zero-order chi connectivity index (χ0) is 15.4. The van der Waals surface area contributed by atoms with E-state index in [1.807, 2.05) is 12.1 Å². The predicted molar refractivity (Wildman–Crippen MR) is 86.2 cm³/mol. The number of rotatable bonds is 3. The first-order valence-electron chi connectivity index (χ1n) is 8.00. The van der Waals surface area contributed by atoms with Crippen LogP contribution in [-0.4, -0.2) is 18.2 Å². The minimum absolute atomic E-state index is 0.503. The maximum atomic E-state index is 10.00. The molecule has 2 unspecified atom stereocenters. The quantitative estimate of drug-likeness (QED) is 0.917. The summed E-state index contributed by atoms with van der Waals surface area (Å²) in [6.45, 7) is 8.42. The smallest absolute Gasteiger partial charge is 0.0992 e. The molecule has 0 aliphatic carbocycles. The zero-order valence-corrected chi connectivity index (χ0v) is 13.3. The van der Waals surface area contributed by atoms with Crippen LogP contribution in [0.1, 0.15) is 57.3 Å². The van der Waals surface area contributed by atoms with Crippen LogP contribution < -0.4 is 4.90 Å². The topological polar surface area (TPSA) is 47.3 Å². The van der Waals surface area contributed by atoms with Gasteiger partial charge < -0.3 is 10.0 Å². The first-order chi connectivity index (χ1) is 10.0. The van der Waals surface area contributed by atoms with Gasteiger partial charge in [0.15, 0.2) is 0 Å². The number of aliphatic hydroxyl groups is 1. The van der Waals surface area contributed by atoms with Crippen LogP contribution in [0.2, 0.25) is 0 Å². The fraction of sp³-hybridized carbons (Fsp3) is 0.611. The van der Waals surface area contributed by atoms with Gasteiger partial charge in [-0.3, -0.25) is 0 Å². The lowest BCUT2D eigenvalue weighted by Gasteiger charge is -2.27. The zero-order valence-electron chi connectivity index (χ0n) is 13.3. The normalized spacial score (nSPS) is 21.0. The molecule has 0 aromatic heterocycles. The molecule has 0 saturated carbocycles. The van der Waals surface area contributed by atoms with Crippen molar-refractivity contribution in [3.8, 4) is 6.07 Å². The minimum atomic E-state index is -0.503. The molecule has 1 heterocycles. The second-order valence-corrected chi connectivity index (χ2v) is 6.48. The molecule has 3 nitrogen and oxygen atoms in total. The molecule has 3 heteroatoms. The van der Waals surface area contributed by atoms with E-state index < -0.39 is 6.10 Å². The Morgan fingerprint density at radius 1 is 1.24 bits per heavy atom. The fourth-order valence-corrected chi connectivity index (χ4v) is 3.27. The Balaban J connectivity index is 2.26. The van der Waals surface area contributed by atoms with Crippen molar-refractivity contribution in [3.05, 3.63) is 29.3 Å². The van der Waals surface area contributed by atoms with Crippen molar-refractivity contribution < 1.29 is 5.11 Å². The second kappa shape index (κ2) is 6.95. The molecule has 1 fully saturated rings. The van der Waals surface area contributed by atoms with Crippen LogP contribution in [0.4, 0.5) is 5.69 Å². The van der Waals surface area contributed by atoms with Crippen LogP contribution in [-0.2, 0) is 0 Å². The standard InChI is InChI=1S/C18H26N2O/c1-13(2)16-5-4-9-20(10-8-16)18-11-15(12-19)6-7-17(18)14(3)21/h6-7,11,13-14,16,21H,4-5,8-10H2,1-3H3. The van der Waals surface area contributed by atoms with Crippen molar-refractivity contribution in [3.63, 3.8) is 0 Å². The van der Waals surface area contributed by atoms with Gasteiger partial charge in [0, 0.05) is 24.3 Å². The number of aliphatic hydroxyl groups excluding tert-OH is 1. The summed E-state index contributed by atoms with van der Waals surface area (Å²) in [5, 5.41) is 19.1. The molecule has 0 spiro atoms. The van der Waals surface area contributed by atoms with Crippen molar-refractivity contribution in [1.82, 2.24) is 0 Å². The highest BCUT2D eigenvalue weighted by Gasteiger charge is 2.22. The third-order valence-corrected chi connectivity index (χ3v) is 4.67. The van der Waals surface area contributed by atoms with Gasteiger partial charge in [0.05, 0.1) is 17.7 Å². The lowest BCUT2D eigenvalue weighted by Crippen LogP contribution is -2.26. The number of nitriles is 1. The van der Waals surface area contributed by atoms with Crippen molar-refractivity contribution in [2.24, 2.45) is 11.8 Å². The van der Waals surface area contributed by atoms with E-state index in [0.717, 1.165) is 36.2 Å². The number of anilines is 1. The van der Waals surface area contributed by atoms with E-state index in [-0.39, 0.29) is 0 Å². The molecular weight excluding hydrogens is 260 g/mol. The molecule has 1 aromatic rings. The number of benzene rings is 1. The monoisotopic (exact) mass is 286 g/mol. The lowest BCUT2D eigenvalue weighted by atomic mass is 9.89. The summed E-state index contributed by atoms with van der Waals surface area (Å²) in [5.74, 6) is 1.51. The van der Waals surface area contributed by atoms with Gasteiger partial charge in [-0.2, -0.15) is 5.26 Å². The molecule has 21 heavy (non-hydrogen) atoms. The van der Waals surface area contributed by atoms with Gasteiger partial charge in [0.2, 0.25) is 0 Å². The van der Waals surface area contributed by atoms with Crippen LogP contribution in [0.5, 0.6) is 0 Å². The van der Waals surface area contributed by atoms with E-state index in [9.17, 15) is 5.11 Å². The van der Waals surface area contributed by atoms with E-state index in [1.165, 1.54) is 19.3 Å². The van der Waals surface area contributed by atoms with Crippen molar-refractivity contribution in [2.75, 3.05) is 18.0 Å². The van der Waals surface area contributed by atoms with Crippen LogP contribution in [0.15, 0.2) is 18.2 Å². The highest BCUT2D eigenvalue weighted by atomic mass is 16.3. The molecule has 1 N–H and O–H groups in total. The minimum Gasteiger partial charge on any atom is -0.389 e. The molecular formula is C18H26N2O. The summed E-state index contributed by atoms with van der Waals surface area (Å²) in [7, 11) is 0. The molecule has 0 radical (unpaired) electrons. The molecule has 1 aromatic carbocycles. The van der Waals surface area contributed by atoms with Gasteiger partial charge in [0.1, 0.15) is 0 Å². The van der Waals surface area contributed by atoms with Crippen molar-refractivity contribution >= 4 is 5.69 Å². The van der Waals surface area contributed by atoms with E-state index >= 15 is 0 Å². The largest absolute Gasteiger partial charge is 0.389 e.